The van der Waals surface area contributed by atoms with Crippen molar-refractivity contribution in [3.63, 3.8) is 0 Å². The molecule has 19 heavy (non-hydrogen) atoms. The Balaban J connectivity index is 2.02. The maximum atomic E-state index is 13.7. The molecule has 0 saturated carbocycles. The van der Waals surface area contributed by atoms with Crippen LogP contribution in [-0.4, -0.2) is 18.8 Å². The van der Waals surface area contributed by atoms with E-state index in [2.05, 4.69) is 28.2 Å². The van der Waals surface area contributed by atoms with E-state index >= 15 is 0 Å². The molecule has 1 aromatic carbocycles. The highest BCUT2D eigenvalue weighted by Crippen LogP contribution is 2.27. The van der Waals surface area contributed by atoms with E-state index in [9.17, 15) is 8.78 Å². The lowest BCUT2D eigenvalue weighted by atomic mass is 10.00. The minimum absolute atomic E-state index is 0.178. The quantitative estimate of drug-likeness (QED) is 0.820. The first-order chi connectivity index (χ1) is 9.10. The van der Waals surface area contributed by atoms with Crippen molar-refractivity contribution in [3.05, 3.63) is 28.2 Å². The molecule has 2 nitrogen and oxygen atoms in total. The van der Waals surface area contributed by atoms with Crippen molar-refractivity contribution in [2.24, 2.45) is 0 Å². The van der Waals surface area contributed by atoms with Gasteiger partial charge in [-0.05, 0) is 41.3 Å². The average molecular weight is 334 g/mol. The Kier molecular flexibility index (Phi) is 5.16. The summed E-state index contributed by atoms with van der Waals surface area (Å²) in [6.45, 7) is 2.81. The second kappa shape index (κ2) is 6.66. The Morgan fingerprint density at radius 3 is 2.89 bits per heavy atom. The van der Waals surface area contributed by atoms with E-state index in [1.54, 1.807) is 0 Å². The van der Waals surface area contributed by atoms with Gasteiger partial charge < -0.3 is 10.1 Å². The number of nitrogens with one attached hydrogen (secondary N) is 1. The zero-order valence-electron chi connectivity index (χ0n) is 10.9. The van der Waals surface area contributed by atoms with E-state index in [0.29, 0.717) is 12.3 Å². The van der Waals surface area contributed by atoms with Crippen LogP contribution in [0.25, 0.3) is 0 Å². The molecule has 106 valence electrons. The largest absolute Gasteiger partial charge is 0.380 e. The zero-order valence-corrected chi connectivity index (χ0v) is 12.5. The highest BCUT2D eigenvalue weighted by atomic mass is 79.9. The van der Waals surface area contributed by atoms with Crippen molar-refractivity contribution in [1.29, 1.82) is 0 Å². The van der Waals surface area contributed by atoms with Gasteiger partial charge in [0.05, 0.1) is 16.3 Å². The van der Waals surface area contributed by atoms with Crippen LogP contribution >= 0.6 is 15.9 Å². The molecule has 1 N–H and O–H groups in total. The summed E-state index contributed by atoms with van der Waals surface area (Å²) in [6.07, 6.45) is 4.04. The third-order valence-corrected chi connectivity index (χ3v) is 3.96. The van der Waals surface area contributed by atoms with Crippen molar-refractivity contribution in [3.8, 4) is 0 Å². The highest BCUT2D eigenvalue weighted by molar-refractivity contribution is 9.10. The van der Waals surface area contributed by atoms with Gasteiger partial charge in [0.1, 0.15) is 11.6 Å². The fourth-order valence-electron chi connectivity index (χ4n) is 2.39. The van der Waals surface area contributed by atoms with Crippen LogP contribution < -0.4 is 5.32 Å². The molecular weight excluding hydrogens is 316 g/mol. The SMILES string of the molecule is CCCC1CC(Nc2cc(Br)c(F)cc2F)CCO1. The van der Waals surface area contributed by atoms with E-state index in [4.69, 9.17) is 4.74 Å². The Labute approximate surface area is 120 Å². The molecule has 1 heterocycles. The summed E-state index contributed by atoms with van der Waals surface area (Å²) >= 11 is 3.08. The standard InChI is InChI=1S/C14H18BrF2NO/c1-2-3-10-6-9(4-5-19-10)18-14-7-11(15)12(16)8-13(14)17/h7-10,18H,2-6H2,1H3. The lowest BCUT2D eigenvalue weighted by Crippen LogP contribution is -2.34. The third-order valence-electron chi connectivity index (χ3n) is 3.35. The van der Waals surface area contributed by atoms with Gasteiger partial charge in [-0.3, -0.25) is 0 Å². The van der Waals surface area contributed by atoms with Crippen molar-refractivity contribution in [2.45, 2.75) is 44.8 Å². The topological polar surface area (TPSA) is 21.3 Å². The first-order valence-electron chi connectivity index (χ1n) is 6.62. The fraction of sp³-hybridized carbons (Fsp3) is 0.571. The minimum Gasteiger partial charge on any atom is -0.380 e. The van der Waals surface area contributed by atoms with Gasteiger partial charge in [-0.2, -0.15) is 0 Å². The highest BCUT2D eigenvalue weighted by Gasteiger charge is 2.22. The smallest absolute Gasteiger partial charge is 0.149 e. The summed E-state index contributed by atoms with van der Waals surface area (Å²) in [5, 5.41) is 3.15. The Morgan fingerprint density at radius 2 is 2.16 bits per heavy atom. The molecule has 1 aromatic rings. The fourth-order valence-corrected chi connectivity index (χ4v) is 2.73. The molecular formula is C14H18BrF2NO. The molecule has 0 aromatic heterocycles. The molecule has 1 aliphatic heterocycles. The average Bonchev–Trinajstić information content (AvgIpc) is 2.37. The molecule has 0 spiro atoms. The van der Waals surface area contributed by atoms with E-state index in [1.807, 2.05) is 0 Å². The second-order valence-electron chi connectivity index (χ2n) is 4.89. The molecule has 5 heteroatoms. The van der Waals surface area contributed by atoms with E-state index in [0.717, 1.165) is 31.7 Å². The predicted octanol–water partition coefficient (Wildman–Crippen LogP) is 4.49. The summed E-state index contributed by atoms with van der Waals surface area (Å²) in [6, 6.07) is 2.53. The molecule has 1 fully saturated rings. The Morgan fingerprint density at radius 1 is 1.37 bits per heavy atom. The number of benzene rings is 1. The van der Waals surface area contributed by atoms with Crippen molar-refractivity contribution >= 4 is 21.6 Å². The molecule has 2 unspecified atom stereocenters. The number of ether oxygens (including phenoxy) is 1. The monoisotopic (exact) mass is 333 g/mol. The molecule has 0 bridgehead atoms. The summed E-state index contributed by atoms with van der Waals surface area (Å²) in [4.78, 5) is 0. The van der Waals surface area contributed by atoms with Gasteiger partial charge in [0.25, 0.3) is 0 Å². The number of hydrogen-bond acceptors (Lipinski definition) is 2. The molecule has 1 saturated heterocycles. The summed E-state index contributed by atoms with van der Waals surface area (Å²) in [5.41, 5.74) is 0.343. The van der Waals surface area contributed by atoms with E-state index in [1.165, 1.54) is 6.07 Å². The van der Waals surface area contributed by atoms with E-state index in [-0.39, 0.29) is 16.6 Å². The molecule has 2 atom stereocenters. The van der Waals surface area contributed by atoms with Gasteiger partial charge >= 0.3 is 0 Å². The lowest BCUT2D eigenvalue weighted by molar-refractivity contribution is 0.00593. The van der Waals surface area contributed by atoms with Gasteiger partial charge in [-0.1, -0.05) is 13.3 Å². The first kappa shape index (κ1) is 14.7. The van der Waals surface area contributed by atoms with Gasteiger partial charge in [0.2, 0.25) is 0 Å². The van der Waals surface area contributed by atoms with Crippen LogP contribution in [0.15, 0.2) is 16.6 Å². The number of anilines is 1. The summed E-state index contributed by atoms with van der Waals surface area (Å²) < 4.78 is 32.8. The molecule has 2 rings (SSSR count). The van der Waals surface area contributed by atoms with Crippen molar-refractivity contribution < 1.29 is 13.5 Å². The summed E-state index contributed by atoms with van der Waals surface area (Å²) in [7, 11) is 0. The maximum Gasteiger partial charge on any atom is 0.149 e. The molecule has 1 aliphatic rings. The van der Waals surface area contributed by atoms with Crippen molar-refractivity contribution in [2.75, 3.05) is 11.9 Å². The first-order valence-corrected chi connectivity index (χ1v) is 7.42. The minimum atomic E-state index is -0.584. The molecule has 0 radical (unpaired) electrons. The van der Waals surface area contributed by atoms with Crippen LogP contribution in [0.1, 0.15) is 32.6 Å². The van der Waals surface area contributed by atoms with Crippen LogP contribution in [-0.2, 0) is 4.74 Å². The maximum absolute atomic E-state index is 13.7. The molecule has 0 aliphatic carbocycles. The second-order valence-corrected chi connectivity index (χ2v) is 5.75. The van der Waals surface area contributed by atoms with Crippen LogP contribution in [0.4, 0.5) is 14.5 Å². The van der Waals surface area contributed by atoms with Crippen molar-refractivity contribution in [1.82, 2.24) is 0 Å². The summed E-state index contributed by atoms with van der Waals surface area (Å²) in [5.74, 6) is -1.14. The van der Waals surface area contributed by atoms with Crippen LogP contribution in [0, 0.1) is 11.6 Å². The van der Waals surface area contributed by atoms with Crippen LogP contribution in [0.5, 0.6) is 0 Å². The normalized spacial score (nSPS) is 23.4. The number of hydrogen-bond donors (Lipinski definition) is 1. The molecule has 0 amide bonds. The van der Waals surface area contributed by atoms with Gasteiger partial charge in [-0.15, -0.1) is 0 Å². The Hall–Kier alpha value is -0.680. The predicted molar refractivity (Wildman–Crippen MR) is 75.4 cm³/mol. The van der Waals surface area contributed by atoms with Gasteiger partial charge in [0.15, 0.2) is 0 Å². The number of rotatable bonds is 4. The van der Waals surface area contributed by atoms with Gasteiger partial charge in [-0.25, -0.2) is 8.78 Å². The zero-order chi connectivity index (χ0) is 13.8. The Bertz CT molecular complexity index is 440. The number of halogens is 3. The van der Waals surface area contributed by atoms with E-state index < -0.39 is 11.6 Å². The third kappa shape index (κ3) is 3.89. The van der Waals surface area contributed by atoms with Crippen LogP contribution in [0.3, 0.4) is 0 Å². The van der Waals surface area contributed by atoms with Crippen LogP contribution in [0.2, 0.25) is 0 Å². The lowest BCUT2D eigenvalue weighted by Gasteiger charge is -2.30. The van der Waals surface area contributed by atoms with Gasteiger partial charge in [0, 0.05) is 18.7 Å².